The van der Waals surface area contributed by atoms with Crippen LogP contribution in [0.15, 0.2) is 107 Å². The third kappa shape index (κ3) is 6.64. The van der Waals surface area contributed by atoms with Gasteiger partial charge in [0.25, 0.3) is 5.91 Å². The highest BCUT2D eigenvalue weighted by Gasteiger charge is 2.34. The molecule has 0 aromatic heterocycles. The Balaban J connectivity index is 1.42. The van der Waals surface area contributed by atoms with Crippen LogP contribution in [0.5, 0.6) is 11.5 Å². The molecular weight excluding hydrogens is 591 g/mol. The van der Waals surface area contributed by atoms with Gasteiger partial charge in [-0.15, -0.1) is 0 Å². The van der Waals surface area contributed by atoms with Gasteiger partial charge in [-0.2, -0.15) is 13.2 Å². The van der Waals surface area contributed by atoms with E-state index >= 15 is 0 Å². The van der Waals surface area contributed by atoms with Crippen molar-refractivity contribution in [1.29, 1.82) is 0 Å². The number of nitro benzene ring substituents is 1. The van der Waals surface area contributed by atoms with Crippen LogP contribution in [0.4, 0.5) is 24.5 Å². The zero-order valence-electron chi connectivity index (χ0n) is 21.4. The normalized spacial score (nSPS) is 15.4. The number of hydrogen-bond donors (Lipinski definition) is 0. The van der Waals surface area contributed by atoms with E-state index in [1.54, 1.807) is 17.0 Å². The van der Waals surface area contributed by atoms with Crippen molar-refractivity contribution in [1.82, 2.24) is 4.90 Å². The third-order valence-corrected chi connectivity index (χ3v) is 7.31. The maximum Gasteiger partial charge on any atom is 0.416 e. The second kappa shape index (κ2) is 12.1. The van der Waals surface area contributed by atoms with Gasteiger partial charge in [0.05, 0.1) is 32.6 Å². The molecule has 0 bridgehead atoms. The number of amidine groups is 1. The van der Waals surface area contributed by atoms with E-state index in [1.807, 2.05) is 60.7 Å². The molecule has 12 heteroatoms. The van der Waals surface area contributed by atoms with E-state index in [2.05, 4.69) is 4.99 Å². The first kappa shape index (κ1) is 28.9. The molecule has 0 N–H and O–H groups in total. The Bertz CT molecular complexity index is 1710. The van der Waals surface area contributed by atoms with Gasteiger partial charge in [0.1, 0.15) is 5.75 Å². The summed E-state index contributed by atoms with van der Waals surface area (Å²) in [7, 11) is 0. The molecule has 0 radical (unpaired) electrons. The van der Waals surface area contributed by atoms with Crippen molar-refractivity contribution >= 4 is 51.9 Å². The summed E-state index contributed by atoms with van der Waals surface area (Å²) >= 11 is 7.58. The van der Waals surface area contributed by atoms with Crippen LogP contribution in [-0.2, 0) is 17.5 Å². The average Bonchev–Trinajstić information content (AvgIpc) is 3.23. The minimum absolute atomic E-state index is 0.0101. The van der Waals surface area contributed by atoms with Crippen molar-refractivity contribution in [3.63, 3.8) is 0 Å². The fraction of sp³-hybridized carbons (Fsp3) is 0.0667. The van der Waals surface area contributed by atoms with E-state index in [-0.39, 0.29) is 16.7 Å². The van der Waals surface area contributed by atoms with E-state index in [0.29, 0.717) is 40.0 Å². The summed E-state index contributed by atoms with van der Waals surface area (Å²) < 4.78 is 44.6. The number of carbonyl (C=O) groups excluding carboxylic acids is 1. The molecule has 7 nitrogen and oxygen atoms in total. The second-order valence-corrected chi connectivity index (χ2v) is 10.4. The zero-order chi connectivity index (χ0) is 29.9. The Morgan fingerprint density at radius 1 is 0.952 bits per heavy atom. The highest BCUT2D eigenvalue weighted by atomic mass is 35.5. The predicted octanol–water partition coefficient (Wildman–Crippen LogP) is 8.86. The molecule has 4 aromatic carbocycles. The predicted molar refractivity (Wildman–Crippen MR) is 156 cm³/mol. The summed E-state index contributed by atoms with van der Waals surface area (Å²) in [5.74, 6) is -0.666. The average molecular weight is 610 g/mol. The molecule has 0 saturated carbocycles. The van der Waals surface area contributed by atoms with Gasteiger partial charge < -0.3 is 4.74 Å². The number of nitrogens with zero attached hydrogens (tertiary/aromatic N) is 3. The SMILES string of the molecule is O=C1/C(=C/c2ccc(Oc3ccc(C(F)(F)F)cc3[N+](=O)[O-])c(Cl)c2)SC(=Nc2ccccc2)N1Cc1ccccc1. The number of benzene rings is 4. The Morgan fingerprint density at radius 2 is 1.62 bits per heavy atom. The van der Waals surface area contributed by atoms with E-state index in [4.69, 9.17) is 16.3 Å². The lowest BCUT2D eigenvalue weighted by Crippen LogP contribution is -2.28. The molecule has 1 aliphatic rings. The van der Waals surface area contributed by atoms with Gasteiger partial charge in [-0.3, -0.25) is 19.8 Å². The summed E-state index contributed by atoms with van der Waals surface area (Å²) in [6, 6.07) is 25.2. The highest BCUT2D eigenvalue weighted by molar-refractivity contribution is 8.18. The molecule has 0 unspecified atom stereocenters. The van der Waals surface area contributed by atoms with Crippen molar-refractivity contribution in [2.75, 3.05) is 0 Å². The van der Waals surface area contributed by atoms with Crippen molar-refractivity contribution in [2.24, 2.45) is 4.99 Å². The number of thioether (sulfide) groups is 1. The fourth-order valence-corrected chi connectivity index (χ4v) is 5.22. The molecule has 1 amide bonds. The molecule has 1 fully saturated rings. The van der Waals surface area contributed by atoms with Crippen molar-refractivity contribution in [3.8, 4) is 11.5 Å². The van der Waals surface area contributed by atoms with Crippen LogP contribution in [0.25, 0.3) is 6.08 Å². The first-order chi connectivity index (χ1) is 20.1. The van der Waals surface area contributed by atoms with Gasteiger partial charge in [0, 0.05) is 6.07 Å². The summed E-state index contributed by atoms with van der Waals surface area (Å²) in [6.45, 7) is 0.315. The summed E-state index contributed by atoms with van der Waals surface area (Å²) in [5, 5.41) is 11.9. The van der Waals surface area contributed by atoms with Crippen LogP contribution in [0.2, 0.25) is 5.02 Å². The van der Waals surface area contributed by atoms with Crippen molar-refractivity contribution in [2.45, 2.75) is 12.7 Å². The number of hydrogen-bond acceptors (Lipinski definition) is 6. The number of para-hydroxylation sites is 1. The van der Waals surface area contributed by atoms with E-state index in [9.17, 15) is 28.1 Å². The van der Waals surface area contributed by atoms with E-state index in [1.165, 1.54) is 23.9 Å². The third-order valence-electron chi connectivity index (χ3n) is 6.01. The highest BCUT2D eigenvalue weighted by Crippen LogP contribution is 2.40. The smallest absolute Gasteiger partial charge is 0.416 e. The molecule has 212 valence electrons. The van der Waals surface area contributed by atoms with Crippen LogP contribution in [-0.4, -0.2) is 20.9 Å². The maximum atomic E-state index is 13.5. The summed E-state index contributed by atoms with van der Waals surface area (Å²) in [5.41, 5.74) is 0.115. The van der Waals surface area contributed by atoms with E-state index < -0.39 is 28.1 Å². The minimum Gasteiger partial charge on any atom is -0.449 e. The molecule has 0 spiro atoms. The molecule has 42 heavy (non-hydrogen) atoms. The lowest BCUT2D eigenvalue weighted by Gasteiger charge is -2.15. The fourth-order valence-electron chi connectivity index (χ4n) is 3.99. The van der Waals surface area contributed by atoms with Gasteiger partial charge in [0.2, 0.25) is 5.75 Å². The Labute approximate surface area is 247 Å². The molecular formula is C30H19ClF3N3O4S. The number of amides is 1. The monoisotopic (exact) mass is 609 g/mol. The molecule has 0 atom stereocenters. The topological polar surface area (TPSA) is 85.0 Å². The van der Waals surface area contributed by atoms with Gasteiger partial charge in [0.15, 0.2) is 5.17 Å². The maximum absolute atomic E-state index is 13.5. The second-order valence-electron chi connectivity index (χ2n) is 8.95. The van der Waals surface area contributed by atoms with Crippen LogP contribution < -0.4 is 4.74 Å². The first-order valence-corrected chi connectivity index (χ1v) is 13.5. The molecule has 1 aliphatic heterocycles. The lowest BCUT2D eigenvalue weighted by atomic mass is 10.1. The summed E-state index contributed by atoms with van der Waals surface area (Å²) in [4.78, 5) is 30.6. The van der Waals surface area contributed by atoms with Crippen molar-refractivity contribution < 1.29 is 27.6 Å². The van der Waals surface area contributed by atoms with Gasteiger partial charge in [-0.1, -0.05) is 66.2 Å². The molecule has 1 heterocycles. The minimum atomic E-state index is -4.76. The van der Waals surface area contributed by atoms with Crippen LogP contribution in [0.3, 0.4) is 0 Å². The van der Waals surface area contributed by atoms with Crippen LogP contribution >= 0.6 is 23.4 Å². The number of rotatable bonds is 7. The number of carbonyl (C=O) groups is 1. The lowest BCUT2D eigenvalue weighted by molar-refractivity contribution is -0.385. The Kier molecular flexibility index (Phi) is 8.32. The van der Waals surface area contributed by atoms with Crippen LogP contribution in [0, 0.1) is 10.1 Å². The first-order valence-electron chi connectivity index (χ1n) is 12.3. The number of nitro groups is 1. The zero-order valence-corrected chi connectivity index (χ0v) is 23.0. The largest absolute Gasteiger partial charge is 0.449 e. The molecule has 4 aromatic rings. The number of halogens is 4. The quantitative estimate of drug-likeness (QED) is 0.119. The molecule has 5 rings (SSSR count). The summed E-state index contributed by atoms with van der Waals surface area (Å²) in [6.07, 6.45) is -3.12. The van der Waals surface area contributed by atoms with Gasteiger partial charge in [-0.05, 0) is 65.4 Å². The molecule has 0 aliphatic carbocycles. The number of alkyl halides is 3. The van der Waals surface area contributed by atoms with Crippen LogP contribution in [0.1, 0.15) is 16.7 Å². The molecule has 1 saturated heterocycles. The standard InChI is InChI=1S/C30H19ClF3N3O4S/c31-23-15-20(11-13-25(23)41-26-14-12-21(30(32,33)34)17-24(26)37(39)40)16-27-28(38)36(18-19-7-3-1-4-8-19)29(42-27)35-22-9-5-2-6-10-22/h1-17H,18H2/b27-16-,35-29?. The van der Waals surface area contributed by atoms with E-state index in [0.717, 1.165) is 11.6 Å². The Hall–Kier alpha value is -4.61. The Morgan fingerprint density at radius 3 is 2.26 bits per heavy atom. The number of ether oxygens (including phenoxy) is 1. The van der Waals surface area contributed by atoms with Gasteiger partial charge >= 0.3 is 11.9 Å². The number of aliphatic imine (C=N–C) groups is 1. The van der Waals surface area contributed by atoms with Crippen molar-refractivity contribution in [3.05, 3.63) is 134 Å². The van der Waals surface area contributed by atoms with Gasteiger partial charge in [-0.25, -0.2) is 4.99 Å².